The highest BCUT2D eigenvalue weighted by Crippen LogP contribution is 2.18. The molecule has 0 fully saturated rings. The molecule has 3 N–H and O–H groups in total. The predicted octanol–water partition coefficient (Wildman–Crippen LogP) is 4.24. The van der Waals surface area contributed by atoms with Gasteiger partial charge in [0.05, 0.1) is 23.9 Å². The highest BCUT2D eigenvalue weighted by Gasteiger charge is 2.14. The van der Waals surface area contributed by atoms with E-state index in [2.05, 4.69) is 20.9 Å². The number of furan rings is 1. The third-order valence-corrected chi connectivity index (χ3v) is 5.49. The van der Waals surface area contributed by atoms with Crippen LogP contribution in [0.2, 0.25) is 0 Å². The molecule has 0 unspecified atom stereocenters. The Labute approximate surface area is 197 Å². The van der Waals surface area contributed by atoms with Crippen LogP contribution in [0.3, 0.4) is 0 Å². The number of anilines is 2. The first-order valence-corrected chi connectivity index (χ1v) is 11.1. The van der Waals surface area contributed by atoms with E-state index in [9.17, 15) is 18.8 Å². The lowest BCUT2D eigenvalue weighted by atomic mass is 10.2. The second-order valence-corrected chi connectivity index (χ2v) is 8.02. The number of nitrogens with zero attached hydrogens (tertiary/aromatic N) is 1. The molecule has 4 aromatic rings. The summed E-state index contributed by atoms with van der Waals surface area (Å²) in [6.45, 7) is 0.298. The normalized spacial score (nSPS) is 10.5. The molecule has 10 heteroatoms. The molecule has 0 aliphatic carbocycles. The molecule has 8 nitrogen and oxygen atoms in total. The molecule has 2 aromatic carbocycles. The van der Waals surface area contributed by atoms with Crippen molar-refractivity contribution >= 4 is 39.9 Å². The highest BCUT2D eigenvalue weighted by molar-refractivity contribution is 7.14. The van der Waals surface area contributed by atoms with Crippen LogP contribution in [0.5, 0.6) is 0 Å². The van der Waals surface area contributed by atoms with Crippen molar-refractivity contribution in [3.63, 3.8) is 0 Å². The lowest BCUT2D eigenvalue weighted by molar-refractivity contribution is -0.120. The van der Waals surface area contributed by atoms with E-state index in [0.717, 1.165) is 16.9 Å². The molecule has 0 aliphatic heterocycles. The lowest BCUT2D eigenvalue weighted by Crippen LogP contribution is -2.24. The Balaban J connectivity index is 1.24. The van der Waals surface area contributed by atoms with Crippen LogP contribution in [0.25, 0.3) is 0 Å². The zero-order valence-electron chi connectivity index (χ0n) is 17.7. The molecule has 3 amide bonds. The van der Waals surface area contributed by atoms with Crippen LogP contribution < -0.4 is 16.0 Å². The van der Waals surface area contributed by atoms with Gasteiger partial charge in [-0.15, -0.1) is 11.3 Å². The number of carbonyl (C=O) groups is 3. The molecule has 4 rings (SSSR count). The predicted molar refractivity (Wildman–Crippen MR) is 125 cm³/mol. The average Bonchev–Trinajstić information content (AvgIpc) is 3.51. The standard InChI is InChI=1S/C24H19FN4O4S/c25-19-5-2-1-4-18(19)22(31)29-24-28-17(14-34-24)12-21(30)26-13-15-7-9-16(10-8-15)27-23(32)20-6-3-11-33-20/h1-11,14H,12-13H2,(H,26,30)(H,27,32)(H,28,29,31). The fraction of sp³-hybridized carbons (Fsp3) is 0.0833. The molecule has 0 saturated heterocycles. The van der Waals surface area contributed by atoms with Crippen molar-refractivity contribution in [3.05, 3.63) is 101 Å². The van der Waals surface area contributed by atoms with E-state index in [-0.39, 0.29) is 34.7 Å². The van der Waals surface area contributed by atoms with E-state index < -0.39 is 11.7 Å². The Bertz CT molecular complexity index is 1300. The van der Waals surface area contributed by atoms with Gasteiger partial charge in [0, 0.05) is 17.6 Å². The van der Waals surface area contributed by atoms with Crippen molar-refractivity contribution in [1.82, 2.24) is 10.3 Å². The number of hydrogen-bond donors (Lipinski definition) is 3. The topological polar surface area (TPSA) is 113 Å². The van der Waals surface area contributed by atoms with Crippen molar-refractivity contribution < 1.29 is 23.2 Å². The van der Waals surface area contributed by atoms with E-state index >= 15 is 0 Å². The fourth-order valence-electron chi connectivity index (χ4n) is 2.99. The van der Waals surface area contributed by atoms with Gasteiger partial charge in [0.25, 0.3) is 11.8 Å². The van der Waals surface area contributed by atoms with Gasteiger partial charge in [0.2, 0.25) is 5.91 Å². The number of carbonyl (C=O) groups excluding carboxylic acids is 3. The minimum atomic E-state index is -0.621. The van der Waals surface area contributed by atoms with Gasteiger partial charge < -0.3 is 15.1 Å². The van der Waals surface area contributed by atoms with Crippen molar-refractivity contribution in [1.29, 1.82) is 0 Å². The first kappa shape index (κ1) is 22.9. The van der Waals surface area contributed by atoms with Crippen LogP contribution in [-0.4, -0.2) is 22.7 Å². The minimum Gasteiger partial charge on any atom is -0.459 e. The second kappa shape index (κ2) is 10.5. The smallest absolute Gasteiger partial charge is 0.291 e. The Kier molecular flexibility index (Phi) is 7.09. The van der Waals surface area contributed by atoms with E-state index in [1.807, 2.05) is 0 Å². The third kappa shape index (κ3) is 5.93. The van der Waals surface area contributed by atoms with Gasteiger partial charge in [-0.2, -0.15) is 0 Å². The molecule has 0 aliphatic rings. The van der Waals surface area contributed by atoms with Gasteiger partial charge in [-0.05, 0) is 42.0 Å². The van der Waals surface area contributed by atoms with E-state index in [1.54, 1.807) is 47.8 Å². The lowest BCUT2D eigenvalue weighted by Gasteiger charge is -2.07. The van der Waals surface area contributed by atoms with Gasteiger partial charge in [0.1, 0.15) is 5.82 Å². The summed E-state index contributed by atoms with van der Waals surface area (Å²) in [5.74, 6) is -1.60. The van der Waals surface area contributed by atoms with Gasteiger partial charge in [-0.25, -0.2) is 9.37 Å². The molecule has 172 valence electrons. The van der Waals surface area contributed by atoms with Crippen molar-refractivity contribution in [2.75, 3.05) is 10.6 Å². The van der Waals surface area contributed by atoms with E-state index in [1.165, 1.54) is 24.5 Å². The molecule has 0 atom stereocenters. The number of thiazole rings is 1. The van der Waals surface area contributed by atoms with Gasteiger partial charge >= 0.3 is 0 Å². The maximum Gasteiger partial charge on any atom is 0.291 e. The van der Waals surface area contributed by atoms with E-state index in [4.69, 9.17) is 4.42 Å². The summed E-state index contributed by atoms with van der Waals surface area (Å²) in [6, 6.07) is 15.9. The third-order valence-electron chi connectivity index (χ3n) is 4.68. The molecule has 2 heterocycles. The monoisotopic (exact) mass is 478 g/mol. The number of rotatable bonds is 8. The van der Waals surface area contributed by atoms with Crippen LogP contribution in [0.15, 0.2) is 76.7 Å². The number of amides is 3. The second-order valence-electron chi connectivity index (χ2n) is 7.16. The van der Waals surface area contributed by atoms with Crippen molar-refractivity contribution in [2.24, 2.45) is 0 Å². The maximum atomic E-state index is 13.7. The molecule has 0 bridgehead atoms. The fourth-order valence-corrected chi connectivity index (χ4v) is 3.69. The summed E-state index contributed by atoms with van der Waals surface area (Å²) in [6.07, 6.45) is 1.46. The first-order chi connectivity index (χ1) is 16.5. The summed E-state index contributed by atoms with van der Waals surface area (Å²) in [4.78, 5) is 40.7. The zero-order chi connectivity index (χ0) is 23.9. The number of aromatic nitrogens is 1. The zero-order valence-corrected chi connectivity index (χ0v) is 18.5. The summed E-state index contributed by atoms with van der Waals surface area (Å²) in [5.41, 5.74) is 1.86. The summed E-state index contributed by atoms with van der Waals surface area (Å²) < 4.78 is 18.8. The molecule has 0 spiro atoms. The Morgan fingerprint density at radius 3 is 2.47 bits per heavy atom. The highest BCUT2D eigenvalue weighted by atomic mass is 32.1. The van der Waals surface area contributed by atoms with Crippen molar-refractivity contribution in [3.8, 4) is 0 Å². The van der Waals surface area contributed by atoms with Gasteiger partial charge in [-0.3, -0.25) is 19.7 Å². The van der Waals surface area contributed by atoms with Crippen LogP contribution >= 0.6 is 11.3 Å². The van der Waals surface area contributed by atoms with Crippen molar-refractivity contribution in [2.45, 2.75) is 13.0 Å². The van der Waals surface area contributed by atoms with Crippen LogP contribution in [0, 0.1) is 5.82 Å². The summed E-state index contributed by atoms with van der Waals surface area (Å²) in [7, 11) is 0. The Hall–Kier alpha value is -4.31. The number of nitrogens with one attached hydrogen (secondary N) is 3. The molecule has 2 aromatic heterocycles. The summed E-state index contributed by atoms with van der Waals surface area (Å²) in [5, 5.41) is 10.00. The summed E-state index contributed by atoms with van der Waals surface area (Å²) >= 11 is 1.15. The van der Waals surface area contributed by atoms with Gasteiger partial charge in [-0.1, -0.05) is 24.3 Å². The molecular weight excluding hydrogens is 459 g/mol. The maximum absolute atomic E-state index is 13.7. The molecular formula is C24H19FN4O4S. The van der Waals surface area contributed by atoms with Crippen LogP contribution in [0.4, 0.5) is 15.2 Å². The van der Waals surface area contributed by atoms with Crippen LogP contribution in [0.1, 0.15) is 32.2 Å². The molecule has 34 heavy (non-hydrogen) atoms. The Morgan fingerprint density at radius 1 is 0.941 bits per heavy atom. The minimum absolute atomic E-state index is 0.0311. The SMILES string of the molecule is O=C(Cc1csc(NC(=O)c2ccccc2F)n1)NCc1ccc(NC(=O)c2ccco2)cc1. The first-order valence-electron chi connectivity index (χ1n) is 10.2. The quantitative estimate of drug-likeness (QED) is 0.351. The molecule has 0 radical (unpaired) electrons. The molecule has 0 saturated carbocycles. The van der Waals surface area contributed by atoms with Gasteiger partial charge in [0.15, 0.2) is 10.9 Å². The number of halogens is 1. The van der Waals surface area contributed by atoms with Crippen LogP contribution in [-0.2, 0) is 17.8 Å². The average molecular weight is 479 g/mol. The number of benzene rings is 2. The largest absolute Gasteiger partial charge is 0.459 e. The Morgan fingerprint density at radius 2 is 1.74 bits per heavy atom. The number of hydrogen-bond acceptors (Lipinski definition) is 6. The van der Waals surface area contributed by atoms with E-state index in [0.29, 0.717) is 17.9 Å².